The van der Waals surface area contributed by atoms with Crippen LogP contribution in [0.25, 0.3) is 6.08 Å². The highest BCUT2D eigenvalue weighted by Crippen LogP contribution is 2.43. The van der Waals surface area contributed by atoms with Crippen molar-refractivity contribution in [3.8, 4) is 0 Å². The van der Waals surface area contributed by atoms with Gasteiger partial charge in [0.2, 0.25) is 0 Å². The van der Waals surface area contributed by atoms with E-state index in [1.165, 1.54) is 54.4 Å². The summed E-state index contributed by atoms with van der Waals surface area (Å²) in [5.41, 5.74) is 6.75. The molecule has 1 aliphatic rings. The Labute approximate surface area is 200 Å². The zero-order valence-electron chi connectivity index (χ0n) is 20.9. The van der Waals surface area contributed by atoms with Gasteiger partial charge < -0.3 is 15.3 Å². The Morgan fingerprint density at radius 3 is 2.24 bits per heavy atom. The highest BCUT2D eigenvalue weighted by molar-refractivity contribution is 5.55. The van der Waals surface area contributed by atoms with Crippen LogP contribution in [-0.2, 0) is 25.0 Å². The van der Waals surface area contributed by atoms with Crippen molar-refractivity contribution in [3.63, 3.8) is 0 Å². The highest BCUT2D eigenvalue weighted by atomic mass is 16.3. The second kappa shape index (κ2) is 11.0. The van der Waals surface area contributed by atoms with Crippen LogP contribution < -0.4 is 0 Å². The fourth-order valence-electron chi connectivity index (χ4n) is 5.11. The molecule has 1 fully saturated rings. The van der Waals surface area contributed by atoms with Gasteiger partial charge in [0.15, 0.2) is 0 Å². The van der Waals surface area contributed by atoms with E-state index < -0.39 is 6.10 Å². The van der Waals surface area contributed by atoms with E-state index in [9.17, 15) is 15.3 Å². The largest absolute Gasteiger partial charge is 0.392 e. The molecule has 3 rings (SSSR count). The summed E-state index contributed by atoms with van der Waals surface area (Å²) < 4.78 is 0. The first-order chi connectivity index (χ1) is 15.7. The van der Waals surface area contributed by atoms with Gasteiger partial charge in [-0.1, -0.05) is 88.6 Å². The predicted octanol–water partition coefficient (Wildman–Crippen LogP) is 6.23. The fraction of sp³-hybridized carbons (Fsp3) is 0.533. The Morgan fingerprint density at radius 1 is 0.939 bits per heavy atom. The average molecular weight is 451 g/mol. The Kier molecular flexibility index (Phi) is 8.55. The summed E-state index contributed by atoms with van der Waals surface area (Å²) in [6.45, 7) is 8.24. The van der Waals surface area contributed by atoms with Crippen LogP contribution in [0.2, 0.25) is 0 Å². The molecular weight excluding hydrogens is 408 g/mol. The molecule has 0 saturated heterocycles. The topological polar surface area (TPSA) is 60.7 Å². The van der Waals surface area contributed by atoms with Gasteiger partial charge in [-0.25, -0.2) is 0 Å². The molecular formula is C30H42O3. The Morgan fingerprint density at radius 2 is 1.64 bits per heavy atom. The van der Waals surface area contributed by atoms with Crippen molar-refractivity contribution in [1.82, 2.24) is 0 Å². The van der Waals surface area contributed by atoms with Crippen molar-refractivity contribution >= 4 is 6.08 Å². The van der Waals surface area contributed by atoms with Crippen molar-refractivity contribution in [1.29, 1.82) is 0 Å². The third kappa shape index (κ3) is 6.35. The zero-order chi connectivity index (χ0) is 24.1. The molecule has 0 amide bonds. The van der Waals surface area contributed by atoms with Crippen molar-refractivity contribution < 1.29 is 15.3 Å². The van der Waals surface area contributed by atoms with Gasteiger partial charge in [0.1, 0.15) is 0 Å². The molecule has 0 aliphatic heterocycles. The summed E-state index contributed by atoms with van der Waals surface area (Å²) in [5.74, 6) is 0. The third-order valence-corrected chi connectivity index (χ3v) is 7.54. The standard InChI is InChI=1S/C30H42O3/c1-22-18-27(12-10-24(22)11-13-28(33)29(2,3)4)30(15-6-5-7-16-30)17-14-23-8-9-25(20-31)26(19-23)21-32/h8-13,18-19,28,31-33H,5-7,14-17,20-21H2,1-4H3/b13-11+. The zero-order valence-corrected chi connectivity index (χ0v) is 20.9. The van der Waals surface area contributed by atoms with Crippen LogP contribution in [0.4, 0.5) is 0 Å². The summed E-state index contributed by atoms with van der Waals surface area (Å²) in [6.07, 6.45) is 11.8. The lowest BCUT2D eigenvalue weighted by molar-refractivity contribution is 0.106. The molecule has 3 nitrogen and oxygen atoms in total. The maximum Gasteiger partial charge on any atom is 0.0772 e. The van der Waals surface area contributed by atoms with Crippen molar-refractivity contribution in [2.75, 3.05) is 0 Å². The minimum Gasteiger partial charge on any atom is -0.392 e. The van der Waals surface area contributed by atoms with Crippen molar-refractivity contribution in [2.24, 2.45) is 5.41 Å². The van der Waals surface area contributed by atoms with E-state index in [1.807, 2.05) is 32.9 Å². The average Bonchev–Trinajstić information content (AvgIpc) is 2.81. The second-order valence-electron chi connectivity index (χ2n) is 11.0. The molecule has 0 aromatic heterocycles. The van der Waals surface area contributed by atoms with E-state index in [4.69, 9.17) is 0 Å². The van der Waals surface area contributed by atoms with Gasteiger partial charge in [0.05, 0.1) is 19.3 Å². The van der Waals surface area contributed by atoms with Crippen LogP contribution >= 0.6 is 0 Å². The molecule has 1 saturated carbocycles. The molecule has 1 atom stereocenters. The van der Waals surface area contributed by atoms with Crippen LogP contribution in [0.3, 0.4) is 0 Å². The molecule has 1 aliphatic carbocycles. The Balaban J connectivity index is 1.82. The Hall–Kier alpha value is -1.94. The summed E-state index contributed by atoms with van der Waals surface area (Å²) in [6, 6.07) is 13.0. The SMILES string of the molecule is Cc1cc(C2(CCc3ccc(CO)c(CO)c3)CCCCC2)ccc1/C=C/C(O)C(C)(C)C. The lowest BCUT2D eigenvalue weighted by Gasteiger charge is -2.38. The predicted molar refractivity (Wildman–Crippen MR) is 137 cm³/mol. The summed E-state index contributed by atoms with van der Waals surface area (Å²) in [7, 11) is 0. The van der Waals surface area contributed by atoms with Gasteiger partial charge >= 0.3 is 0 Å². The molecule has 3 heteroatoms. The van der Waals surface area contributed by atoms with Gasteiger partial charge in [-0.2, -0.15) is 0 Å². The Bertz CT molecular complexity index is 945. The normalized spacial score (nSPS) is 17.4. The number of aryl methyl sites for hydroxylation is 2. The fourth-order valence-corrected chi connectivity index (χ4v) is 5.11. The molecule has 0 radical (unpaired) electrons. The molecule has 2 aromatic carbocycles. The monoisotopic (exact) mass is 450 g/mol. The van der Waals surface area contributed by atoms with E-state index in [2.05, 4.69) is 43.3 Å². The summed E-state index contributed by atoms with van der Waals surface area (Å²) >= 11 is 0. The number of aliphatic hydroxyl groups excluding tert-OH is 3. The molecule has 180 valence electrons. The number of benzene rings is 2. The maximum absolute atomic E-state index is 10.4. The molecule has 1 unspecified atom stereocenters. The molecule has 0 bridgehead atoms. The third-order valence-electron chi connectivity index (χ3n) is 7.54. The van der Waals surface area contributed by atoms with Crippen LogP contribution in [0, 0.1) is 12.3 Å². The number of hydrogen-bond acceptors (Lipinski definition) is 3. The number of rotatable bonds is 8. The first-order valence-electron chi connectivity index (χ1n) is 12.5. The molecule has 2 aromatic rings. The minimum absolute atomic E-state index is 0.0348. The van der Waals surface area contributed by atoms with Crippen LogP contribution in [0.15, 0.2) is 42.5 Å². The van der Waals surface area contributed by atoms with Crippen LogP contribution in [-0.4, -0.2) is 21.4 Å². The quantitative estimate of drug-likeness (QED) is 0.446. The molecule has 3 N–H and O–H groups in total. The van der Waals surface area contributed by atoms with Gasteiger partial charge in [0.25, 0.3) is 0 Å². The highest BCUT2D eigenvalue weighted by Gasteiger charge is 2.33. The van der Waals surface area contributed by atoms with E-state index >= 15 is 0 Å². The smallest absolute Gasteiger partial charge is 0.0772 e. The number of hydrogen-bond donors (Lipinski definition) is 3. The van der Waals surface area contributed by atoms with Crippen LogP contribution in [0.1, 0.15) is 92.7 Å². The maximum atomic E-state index is 10.4. The lowest BCUT2D eigenvalue weighted by atomic mass is 9.66. The van der Waals surface area contributed by atoms with Gasteiger partial charge in [-0.05, 0) is 76.8 Å². The summed E-state index contributed by atoms with van der Waals surface area (Å²) in [5, 5.41) is 29.5. The van der Waals surface area contributed by atoms with E-state index in [1.54, 1.807) is 0 Å². The summed E-state index contributed by atoms with van der Waals surface area (Å²) in [4.78, 5) is 0. The van der Waals surface area contributed by atoms with Gasteiger partial charge in [0, 0.05) is 0 Å². The van der Waals surface area contributed by atoms with Crippen LogP contribution in [0.5, 0.6) is 0 Å². The van der Waals surface area contributed by atoms with Gasteiger partial charge in [-0.15, -0.1) is 0 Å². The van der Waals surface area contributed by atoms with E-state index in [-0.39, 0.29) is 24.0 Å². The lowest BCUT2D eigenvalue weighted by Crippen LogP contribution is -2.30. The molecule has 0 heterocycles. The first-order valence-corrected chi connectivity index (χ1v) is 12.5. The second-order valence-corrected chi connectivity index (χ2v) is 11.0. The van der Waals surface area contributed by atoms with E-state index in [0.717, 1.165) is 24.0 Å². The van der Waals surface area contributed by atoms with E-state index in [0.29, 0.717) is 0 Å². The minimum atomic E-state index is -0.470. The van der Waals surface area contributed by atoms with Crippen molar-refractivity contribution in [3.05, 3.63) is 75.9 Å². The first kappa shape index (κ1) is 25.7. The van der Waals surface area contributed by atoms with Crippen molar-refractivity contribution in [2.45, 2.75) is 97.4 Å². The number of aliphatic hydroxyl groups is 3. The molecule has 33 heavy (non-hydrogen) atoms. The molecule has 0 spiro atoms. The van der Waals surface area contributed by atoms with Gasteiger partial charge in [-0.3, -0.25) is 0 Å².